The lowest BCUT2D eigenvalue weighted by Crippen LogP contribution is -2.24. The number of carbonyl (C=O) groups excluding carboxylic acids is 1. The summed E-state index contributed by atoms with van der Waals surface area (Å²) in [6, 6.07) is 25.9. The summed E-state index contributed by atoms with van der Waals surface area (Å²) in [6.07, 6.45) is 3.04. The average molecular weight is 480 g/mol. The molecule has 2 N–H and O–H groups in total. The minimum Gasteiger partial charge on any atom is -0.463 e. The van der Waals surface area contributed by atoms with Gasteiger partial charge in [0.2, 0.25) is 11.9 Å². The van der Waals surface area contributed by atoms with Crippen LogP contribution in [0.4, 0.5) is 5.82 Å². The van der Waals surface area contributed by atoms with E-state index < -0.39 is 5.92 Å². The Hall–Kier alpha value is -4.72. The number of carbonyl (C=O) groups is 1. The average Bonchev–Trinajstić information content (AvgIpc) is 3.56. The number of anilines is 1. The lowest BCUT2D eigenvalue weighted by atomic mass is 9.90. The van der Waals surface area contributed by atoms with E-state index in [0.717, 1.165) is 17.5 Å². The van der Waals surface area contributed by atoms with Gasteiger partial charge in [-0.15, -0.1) is 0 Å². The second kappa shape index (κ2) is 10.3. The fourth-order valence-electron chi connectivity index (χ4n) is 4.14. The number of hydrogen-bond donors (Lipinski definition) is 2. The molecule has 8 nitrogen and oxygen atoms in total. The van der Waals surface area contributed by atoms with Gasteiger partial charge in [-0.05, 0) is 29.7 Å². The molecule has 0 fully saturated rings. The molecule has 5 aromatic rings. The first kappa shape index (κ1) is 23.0. The Labute approximate surface area is 207 Å². The Morgan fingerprint density at radius 1 is 1.00 bits per heavy atom. The van der Waals surface area contributed by atoms with Crippen LogP contribution < -0.4 is 10.9 Å². The van der Waals surface area contributed by atoms with Crippen LogP contribution in [0.5, 0.6) is 0 Å². The van der Waals surface area contributed by atoms with Gasteiger partial charge in [-0.2, -0.15) is 9.78 Å². The topological polar surface area (TPSA) is 106 Å². The van der Waals surface area contributed by atoms with E-state index in [2.05, 4.69) is 20.4 Å². The third-order valence-corrected chi connectivity index (χ3v) is 5.75. The van der Waals surface area contributed by atoms with Crippen LogP contribution >= 0.6 is 0 Å². The van der Waals surface area contributed by atoms with Gasteiger partial charge in [0.1, 0.15) is 11.5 Å². The highest BCUT2D eigenvalue weighted by atomic mass is 16.3. The number of nitrogens with zero attached hydrogens (tertiary/aromatic N) is 3. The summed E-state index contributed by atoms with van der Waals surface area (Å²) < 4.78 is 6.95. The van der Waals surface area contributed by atoms with Crippen molar-refractivity contribution >= 4 is 11.7 Å². The molecular formula is C28H25N5O3. The molecule has 36 heavy (non-hydrogen) atoms. The third kappa shape index (κ3) is 4.88. The predicted molar refractivity (Wildman–Crippen MR) is 137 cm³/mol. The van der Waals surface area contributed by atoms with E-state index in [1.54, 1.807) is 24.5 Å². The molecule has 0 spiro atoms. The minimum atomic E-state index is -0.554. The highest BCUT2D eigenvalue weighted by molar-refractivity contribution is 5.98. The maximum atomic E-state index is 13.8. The van der Waals surface area contributed by atoms with Gasteiger partial charge in [-0.3, -0.25) is 14.6 Å². The number of benzene rings is 2. The number of aromatic amines is 1. The summed E-state index contributed by atoms with van der Waals surface area (Å²) in [6.45, 7) is 2.02. The molecule has 0 aliphatic heterocycles. The predicted octanol–water partition coefficient (Wildman–Crippen LogP) is 4.94. The summed E-state index contributed by atoms with van der Waals surface area (Å²) in [5.41, 5.74) is 2.57. The van der Waals surface area contributed by atoms with Crippen molar-refractivity contribution in [3.05, 3.63) is 118 Å². The largest absolute Gasteiger partial charge is 0.463 e. The molecule has 5 rings (SSSR count). The van der Waals surface area contributed by atoms with Gasteiger partial charge < -0.3 is 9.73 Å². The fraction of sp³-hybridized carbons (Fsp3) is 0.143. The van der Waals surface area contributed by atoms with Gasteiger partial charge in [-0.25, -0.2) is 4.98 Å². The number of amides is 1. The SMILES string of the molecule is CCCc1cc(=O)[nH]c(-n2nc(-c3ccco3)cc2NC(=O)C(c2ccccc2)c2ccccc2)n1. The van der Waals surface area contributed by atoms with Crippen molar-refractivity contribution in [2.45, 2.75) is 25.7 Å². The molecule has 180 valence electrons. The number of furan rings is 1. The van der Waals surface area contributed by atoms with Gasteiger partial charge in [0.15, 0.2) is 5.76 Å². The third-order valence-electron chi connectivity index (χ3n) is 5.75. The Morgan fingerprint density at radius 2 is 1.69 bits per heavy atom. The van der Waals surface area contributed by atoms with Gasteiger partial charge >= 0.3 is 0 Å². The zero-order valence-electron chi connectivity index (χ0n) is 19.7. The van der Waals surface area contributed by atoms with Crippen molar-refractivity contribution < 1.29 is 9.21 Å². The standard InChI is InChI=1S/C28H25N5O3/c1-2-10-21-17-25(34)31-28(29-21)33-24(18-22(32-33)23-15-9-16-36-23)30-27(35)26(19-11-5-3-6-12-19)20-13-7-4-8-14-20/h3-9,11-18,26H,2,10H2,1H3,(H,30,35)(H,29,31,34). The molecule has 3 heterocycles. The second-order valence-corrected chi connectivity index (χ2v) is 8.36. The van der Waals surface area contributed by atoms with E-state index in [1.807, 2.05) is 67.6 Å². The van der Waals surface area contributed by atoms with Crippen molar-refractivity contribution in [3.8, 4) is 17.4 Å². The maximum Gasteiger partial charge on any atom is 0.252 e. The van der Waals surface area contributed by atoms with E-state index in [9.17, 15) is 9.59 Å². The van der Waals surface area contributed by atoms with Gasteiger partial charge in [0.25, 0.3) is 5.56 Å². The molecule has 0 saturated carbocycles. The summed E-state index contributed by atoms with van der Waals surface area (Å²) >= 11 is 0. The summed E-state index contributed by atoms with van der Waals surface area (Å²) in [5.74, 6) is 0.307. The number of H-pyrrole nitrogens is 1. The van der Waals surface area contributed by atoms with Crippen molar-refractivity contribution in [2.75, 3.05) is 5.32 Å². The second-order valence-electron chi connectivity index (χ2n) is 8.36. The number of aromatic nitrogens is 4. The number of hydrogen-bond acceptors (Lipinski definition) is 5. The van der Waals surface area contributed by atoms with Gasteiger partial charge in [-0.1, -0.05) is 74.0 Å². The molecule has 0 saturated heterocycles. The first-order chi connectivity index (χ1) is 17.6. The Kier molecular flexibility index (Phi) is 6.57. The van der Waals surface area contributed by atoms with Crippen LogP contribution in [0.15, 0.2) is 100 Å². The van der Waals surface area contributed by atoms with Gasteiger partial charge in [0.05, 0.1) is 12.2 Å². The lowest BCUT2D eigenvalue weighted by molar-refractivity contribution is -0.116. The lowest BCUT2D eigenvalue weighted by Gasteiger charge is -2.18. The number of aryl methyl sites for hydroxylation is 1. The van der Waals surface area contributed by atoms with Crippen molar-refractivity contribution in [3.63, 3.8) is 0 Å². The fourth-order valence-corrected chi connectivity index (χ4v) is 4.14. The summed E-state index contributed by atoms with van der Waals surface area (Å²) in [4.78, 5) is 33.4. The molecule has 8 heteroatoms. The summed E-state index contributed by atoms with van der Waals surface area (Å²) in [7, 11) is 0. The molecule has 0 radical (unpaired) electrons. The molecule has 0 unspecified atom stereocenters. The van der Waals surface area contributed by atoms with E-state index in [0.29, 0.717) is 29.4 Å². The molecule has 0 atom stereocenters. The zero-order chi connectivity index (χ0) is 24.9. The van der Waals surface area contributed by atoms with E-state index in [-0.39, 0.29) is 17.4 Å². The van der Waals surface area contributed by atoms with Crippen molar-refractivity contribution in [1.29, 1.82) is 0 Å². The highest BCUT2D eigenvalue weighted by Crippen LogP contribution is 2.29. The molecule has 0 bridgehead atoms. The van der Waals surface area contributed by atoms with Crippen LogP contribution in [0.1, 0.15) is 36.1 Å². The maximum absolute atomic E-state index is 13.8. The Balaban J connectivity index is 1.58. The normalized spacial score (nSPS) is 11.1. The molecule has 2 aromatic carbocycles. The Morgan fingerprint density at radius 3 is 2.31 bits per heavy atom. The minimum absolute atomic E-state index is 0.218. The van der Waals surface area contributed by atoms with Crippen LogP contribution in [0.3, 0.4) is 0 Å². The first-order valence-corrected chi connectivity index (χ1v) is 11.8. The zero-order valence-corrected chi connectivity index (χ0v) is 19.7. The number of rotatable bonds is 8. The van der Waals surface area contributed by atoms with E-state index in [1.165, 1.54) is 10.7 Å². The molecule has 3 aromatic heterocycles. The van der Waals surface area contributed by atoms with Crippen LogP contribution in [-0.4, -0.2) is 25.7 Å². The van der Waals surface area contributed by atoms with E-state index in [4.69, 9.17) is 4.42 Å². The molecule has 0 aliphatic carbocycles. The Bertz CT molecular complexity index is 1470. The van der Waals surface area contributed by atoms with Crippen molar-refractivity contribution in [2.24, 2.45) is 0 Å². The summed E-state index contributed by atoms with van der Waals surface area (Å²) in [5, 5.41) is 7.62. The van der Waals surface area contributed by atoms with Crippen LogP contribution in [-0.2, 0) is 11.2 Å². The van der Waals surface area contributed by atoms with Crippen LogP contribution in [0, 0.1) is 0 Å². The molecular weight excluding hydrogens is 454 g/mol. The monoisotopic (exact) mass is 479 g/mol. The molecule has 1 amide bonds. The van der Waals surface area contributed by atoms with Crippen molar-refractivity contribution in [1.82, 2.24) is 19.7 Å². The van der Waals surface area contributed by atoms with Gasteiger partial charge in [0, 0.05) is 17.8 Å². The quantitative estimate of drug-likeness (QED) is 0.328. The van der Waals surface area contributed by atoms with Crippen LogP contribution in [0.2, 0.25) is 0 Å². The smallest absolute Gasteiger partial charge is 0.252 e. The number of nitrogens with one attached hydrogen (secondary N) is 2. The molecule has 0 aliphatic rings. The highest BCUT2D eigenvalue weighted by Gasteiger charge is 2.25. The first-order valence-electron chi connectivity index (χ1n) is 11.8. The van der Waals surface area contributed by atoms with Crippen LogP contribution in [0.25, 0.3) is 17.4 Å². The van der Waals surface area contributed by atoms with E-state index >= 15 is 0 Å².